The van der Waals surface area contributed by atoms with Gasteiger partial charge in [0.25, 0.3) is 11.1 Å². The molecule has 0 unspecified atom stereocenters. The van der Waals surface area contributed by atoms with E-state index in [0.29, 0.717) is 48.4 Å². The Morgan fingerprint density at radius 2 is 1.89 bits per heavy atom. The number of carbonyl (C=O) groups excluding carboxylic acids is 3. The van der Waals surface area contributed by atoms with Gasteiger partial charge in [-0.3, -0.25) is 19.3 Å². The fourth-order valence-corrected chi connectivity index (χ4v) is 5.10. The van der Waals surface area contributed by atoms with Crippen molar-refractivity contribution in [2.75, 3.05) is 26.2 Å². The number of likely N-dealkylation sites (tertiary alicyclic amines) is 1. The molecule has 2 aliphatic rings. The van der Waals surface area contributed by atoms with Gasteiger partial charge >= 0.3 is 0 Å². The van der Waals surface area contributed by atoms with Crippen LogP contribution in [-0.2, 0) is 16.2 Å². The van der Waals surface area contributed by atoms with Crippen LogP contribution in [0.1, 0.15) is 36.5 Å². The number of halogens is 1. The number of ether oxygens (including phenoxy) is 2. The molecule has 0 aliphatic carbocycles. The van der Waals surface area contributed by atoms with Crippen LogP contribution in [-0.4, -0.2) is 53.1 Å². The van der Waals surface area contributed by atoms with Gasteiger partial charge in [-0.2, -0.15) is 0 Å². The quantitative estimate of drug-likeness (QED) is 0.446. The molecule has 2 saturated heterocycles. The Balaban J connectivity index is 1.52. The Morgan fingerprint density at radius 1 is 1.14 bits per heavy atom. The summed E-state index contributed by atoms with van der Waals surface area (Å²) in [6.07, 6.45) is 3.48. The molecule has 0 atom stereocenters. The fourth-order valence-electron chi connectivity index (χ4n) is 3.99. The van der Waals surface area contributed by atoms with Crippen molar-refractivity contribution in [3.8, 4) is 11.5 Å². The molecule has 0 bridgehead atoms. The summed E-state index contributed by atoms with van der Waals surface area (Å²) in [6.45, 7) is 5.70. The third-order valence-corrected chi connectivity index (χ3v) is 7.08. The fraction of sp³-hybridized carbons (Fsp3) is 0.346. The molecule has 2 aliphatic heterocycles. The highest BCUT2D eigenvalue weighted by Gasteiger charge is 2.37. The third kappa shape index (κ3) is 5.82. The van der Waals surface area contributed by atoms with E-state index in [9.17, 15) is 14.4 Å². The minimum Gasteiger partial charge on any atom is -0.490 e. The van der Waals surface area contributed by atoms with Gasteiger partial charge in [0.2, 0.25) is 5.91 Å². The molecule has 0 N–H and O–H groups in total. The Bertz CT molecular complexity index is 1180. The van der Waals surface area contributed by atoms with Gasteiger partial charge < -0.3 is 14.4 Å². The lowest BCUT2D eigenvalue weighted by molar-refractivity contribution is -0.135. The van der Waals surface area contributed by atoms with E-state index in [2.05, 4.69) is 0 Å². The van der Waals surface area contributed by atoms with Crippen LogP contribution < -0.4 is 9.47 Å². The Hall–Kier alpha value is -2.97. The standard InChI is InChI=1S/C26H27ClN2O5S/c1-3-33-21-13-18(12-20(27)24(21)34-16-19-9-5-4-8-17(19)2)14-22-25(31)29(26(32)35-22)15-23(30)28-10-6-7-11-28/h4-5,8-9,12-14H,3,6-7,10-11,15-16H2,1-2H3/b22-14-. The SMILES string of the molecule is CCOc1cc(/C=C2\SC(=O)N(CC(=O)N3CCCC3)C2=O)cc(Cl)c1OCc1ccccc1C. The number of hydrogen-bond acceptors (Lipinski definition) is 6. The second kappa shape index (κ2) is 11.2. The maximum absolute atomic E-state index is 12.9. The van der Waals surface area contributed by atoms with Crippen molar-refractivity contribution < 1.29 is 23.9 Å². The maximum Gasteiger partial charge on any atom is 0.294 e. The minimum absolute atomic E-state index is 0.206. The highest BCUT2D eigenvalue weighted by molar-refractivity contribution is 8.18. The van der Waals surface area contributed by atoms with E-state index in [4.69, 9.17) is 21.1 Å². The summed E-state index contributed by atoms with van der Waals surface area (Å²) in [5, 5.41) is -0.123. The molecular weight excluding hydrogens is 488 g/mol. The van der Waals surface area contributed by atoms with Gasteiger partial charge in [0.05, 0.1) is 16.5 Å². The van der Waals surface area contributed by atoms with Gasteiger partial charge in [-0.25, -0.2) is 0 Å². The number of imide groups is 1. The number of hydrogen-bond donors (Lipinski definition) is 0. The van der Waals surface area contributed by atoms with Crippen LogP contribution in [0.5, 0.6) is 11.5 Å². The van der Waals surface area contributed by atoms with Crippen molar-refractivity contribution in [1.82, 2.24) is 9.80 Å². The molecule has 2 aromatic carbocycles. The molecule has 7 nitrogen and oxygen atoms in total. The second-order valence-electron chi connectivity index (χ2n) is 8.33. The van der Waals surface area contributed by atoms with E-state index in [0.717, 1.165) is 40.6 Å². The van der Waals surface area contributed by atoms with E-state index in [-0.39, 0.29) is 17.4 Å². The van der Waals surface area contributed by atoms with Crippen LogP contribution in [0.25, 0.3) is 6.08 Å². The number of benzene rings is 2. The van der Waals surface area contributed by atoms with Crippen LogP contribution >= 0.6 is 23.4 Å². The van der Waals surface area contributed by atoms with Gasteiger partial charge in [-0.15, -0.1) is 0 Å². The van der Waals surface area contributed by atoms with E-state index in [1.54, 1.807) is 23.1 Å². The molecule has 9 heteroatoms. The molecule has 35 heavy (non-hydrogen) atoms. The van der Waals surface area contributed by atoms with Crippen molar-refractivity contribution in [1.29, 1.82) is 0 Å². The predicted octanol–water partition coefficient (Wildman–Crippen LogP) is 5.28. The summed E-state index contributed by atoms with van der Waals surface area (Å²) in [4.78, 5) is 40.7. The lowest BCUT2D eigenvalue weighted by Gasteiger charge is -2.18. The van der Waals surface area contributed by atoms with Crippen molar-refractivity contribution in [2.45, 2.75) is 33.3 Å². The average Bonchev–Trinajstić information content (AvgIpc) is 3.45. The molecule has 2 fully saturated rings. The summed E-state index contributed by atoms with van der Waals surface area (Å²) in [5.41, 5.74) is 2.74. The van der Waals surface area contributed by atoms with Crippen molar-refractivity contribution in [3.63, 3.8) is 0 Å². The first-order valence-electron chi connectivity index (χ1n) is 11.5. The lowest BCUT2D eigenvalue weighted by atomic mass is 10.1. The van der Waals surface area contributed by atoms with Crippen LogP contribution in [0.3, 0.4) is 0 Å². The minimum atomic E-state index is -0.485. The number of amides is 3. The zero-order valence-electron chi connectivity index (χ0n) is 19.7. The molecule has 2 aromatic rings. The van der Waals surface area contributed by atoms with E-state index in [1.807, 2.05) is 38.1 Å². The highest BCUT2D eigenvalue weighted by atomic mass is 35.5. The number of thioether (sulfide) groups is 1. The largest absolute Gasteiger partial charge is 0.490 e. The number of aryl methyl sites for hydroxylation is 1. The molecule has 0 saturated carbocycles. The van der Waals surface area contributed by atoms with Gasteiger partial charge in [0.15, 0.2) is 11.5 Å². The van der Waals surface area contributed by atoms with Gasteiger partial charge in [0, 0.05) is 13.1 Å². The Morgan fingerprint density at radius 3 is 2.60 bits per heavy atom. The zero-order chi connectivity index (χ0) is 24.9. The van der Waals surface area contributed by atoms with Crippen molar-refractivity contribution in [2.24, 2.45) is 0 Å². The van der Waals surface area contributed by atoms with E-state index in [1.165, 1.54) is 0 Å². The molecule has 184 valence electrons. The summed E-state index contributed by atoms with van der Waals surface area (Å²) < 4.78 is 11.8. The zero-order valence-corrected chi connectivity index (χ0v) is 21.3. The molecule has 4 rings (SSSR count). The first kappa shape index (κ1) is 25.1. The number of nitrogens with zero attached hydrogens (tertiary/aromatic N) is 2. The molecule has 2 heterocycles. The molecule has 3 amide bonds. The first-order chi connectivity index (χ1) is 16.9. The summed E-state index contributed by atoms with van der Waals surface area (Å²) in [7, 11) is 0. The molecule has 0 spiro atoms. The third-order valence-electron chi connectivity index (χ3n) is 5.89. The molecule has 0 radical (unpaired) electrons. The molecule has 0 aromatic heterocycles. The number of rotatable bonds is 8. The van der Waals surface area contributed by atoms with Gasteiger partial charge in [0.1, 0.15) is 13.2 Å². The predicted molar refractivity (Wildman–Crippen MR) is 137 cm³/mol. The summed E-state index contributed by atoms with van der Waals surface area (Å²) >= 11 is 7.36. The lowest BCUT2D eigenvalue weighted by Crippen LogP contribution is -2.40. The monoisotopic (exact) mass is 514 g/mol. The average molecular weight is 515 g/mol. The number of carbonyl (C=O) groups is 3. The van der Waals surface area contributed by atoms with Crippen LogP contribution in [0, 0.1) is 6.92 Å². The first-order valence-corrected chi connectivity index (χ1v) is 12.7. The van der Waals surface area contributed by atoms with Gasteiger partial charge in [-0.1, -0.05) is 35.9 Å². The summed E-state index contributed by atoms with van der Waals surface area (Å²) in [6, 6.07) is 11.3. The van der Waals surface area contributed by atoms with Crippen molar-refractivity contribution >= 4 is 46.5 Å². The second-order valence-corrected chi connectivity index (χ2v) is 9.73. The normalized spacial score (nSPS) is 16.9. The Kier molecular flexibility index (Phi) is 8.03. The smallest absolute Gasteiger partial charge is 0.294 e. The highest BCUT2D eigenvalue weighted by Crippen LogP contribution is 2.39. The van der Waals surface area contributed by atoms with E-state index >= 15 is 0 Å². The van der Waals surface area contributed by atoms with E-state index < -0.39 is 11.1 Å². The maximum atomic E-state index is 12.9. The van der Waals surface area contributed by atoms with Crippen LogP contribution in [0.15, 0.2) is 41.3 Å². The van der Waals surface area contributed by atoms with Crippen LogP contribution in [0.2, 0.25) is 5.02 Å². The van der Waals surface area contributed by atoms with Gasteiger partial charge in [-0.05, 0) is 73.4 Å². The Labute approximate surface area is 214 Å². The topological polar surface area (TPSA) is 76.2 Å². The van der Waals surface area contributed by atoms with Crippen LogP contribution in [0.4, 0.5) is 4.79 Å². The molecular formula is C26H27ClN2O5S. The van der Waals surface area contributed by atoms with Crippen molar-refractivity contribution in [3.05, 3.63) is 63.0 Å². The summed E-state index contributed by atoms with van der Waals surface area (Å²) in [5.74, 6) is 0.172.